The van der Waals surface area contributed by atoms with Crippen molar-refractivity contribution in [2.24, 2.45) is 5.73 Å². The van der Waals surface area contributed by atoms with Gasteiger partial charge in [-0.2, -0.15) is 0 Å². The summed E-state index contributed by atoms with van der Waals surface area (Å²) in [7, 11) is 0. The molecule has 6 heteroatoms. The number of benzene rings is 2. The number of fused-ring (bicyclic) bond motifs is 1. The van der Waals surface area contributed by atoms with Crippen molar-refractivity contribution < 1.29 is 0 Å². The number of aromatic amines is 1. The molecule has 4 aromatic rings. The lowest BCUT2D eigenvalue weighted by molar-refractivity contribution is 0.770. The summed E-state index contributed by atoms with van der Waals surface area (Å²) < 4.78 is 2.11. The van der Waals surface area contributed by atoms with E-state index in [1.165, 1.54) is 5.56 Å². The molecule has 2 aromatic carbocycles. The van der Waals surface area contributed by atoms with Gasteiger partial charge >= 0.3 is 0 Å². The molecule has 0 unspecified atom stereocenters. The second kappa shape index (κ2) is 5.90. The Kier molecular flexibility index (Phi) is 3.57. The average molecular weight is 330 g/mol. The predicted molar refractivity (Wildman–Crippen MR) is 98.6 cm³/mol. The van der Waals surface area contributed by atoms with Crippen molar-refractivity contribution in [3.05, 3.63) is 71.7 Å². The molecule has 0 bridgehead atoms. The number of nitrogens with one attached hydrogen (secondary N) is 2. The third-order valence-electron chi connectivity index (χ3n) is 4.31. The van der Waals surface area contributed by atoms with Gasteiger partial charge in [0.25, 0.3) is 0 Å². The molecule has 0 atom stereocenters. The maximum atomic E-state index is 7.55. The van der Waals surface area contributed by atoms with E-state index in [9.17, 15) is 0 Å². The van der Waals surface area contributed by atoms with Crippen LogP contribution >= 0.6 is 0 Å². The Bertz CT molecular complexity index is 1060. The minimum absolute atomic E-state index is 0.0429. The van der Waals surface area contributed by atoms with Gasteiger partial charge in [-0.15, -0.1) is 0 Å². The highest BCUT2D eigenvalue weighted by Crippen LogP contribution is 2.23. The number of hydrogen-bond donors (Lipinski definition) is 3. The number of aromatic nitrogens is 4. The Labute approximate surface area is 144 Å². The number of H-pyrrole nitrogens is 1. The van der Waals surface area contributed by atoms with Crippen molar-refractivity contribution in [1.29, 1.82) is 5.41 Å². The number of imidazole rings is 2. The van der Waals surface area contributed by atoms with E-state index in [0.717, 1.165) is 34.8 Å². The molecule has 0 aliphatic heterocycles. The van der Waals surface area contributed by atoms with Crippen LogP contribution in [0.3, 0.4) is 0 Å². The highest BCUT2D eigenvalue weighted by atomic mass is 15.1. The van der Waals surface area contributed by atoms with Crippen LogP contribution in [0.4, 0.5) is 0 Å². The van der Waals surface area contributed by atoms with Crippen LogP contribution in [-0.2, 0) is 6.54 Å². The maximum Gasteiger partial charge on any atom is 0.159 e. The zero-order chi connectivity index (χ0) is 17.4. The molecule has 25 heavy (non-hydrogen) atoms. The minimum Gasteiger partial charge on any atom is -0.384 e. The van der Waals surface area contributed by atoms with Gasteiger partial charge in [-0.25, -0.2) is 9.97 Å². The number of hydrogen-bond acceptors (Lipinski definition) is 3. The summed E-state index contributed by atoms with van der Waals surface area (Å²) in [5.74, 6) is 0.765. The number of rotatable bonds is 4. The lowest BCUT2D eigenvalue weighted by Crippen LogP contribution is -2.10. The smallest absolute Gasteiger partial charge is 0.159 e. The molecule has 0 aliphatic carbocycles. The largest absolute Gasteiger partial charge is 0.384 e. The van der Waals surface area contributed by atoms with Crippen LogP contribution in [0.25, 0.3) is 22.6 Å². The molecule has 4 rings (SSSR count). The number of nitrogens with zero attached hydrogens (tertiary/aromatic N) is 3. The van der Waals surface area contributed by atoms with E-state index in [4.69, 9.17) is 11.1 Å². The first kappa shape index (κ1) is 15.1. The lowest BCUT2D eigenvalue weighted by Gasteiger charge is -2.05. The van der Waals surface area contributed by atoms with Gasteiger partial charge in [-0.3, -0.25) is 5.41 Å². The normalized spacial score (nSPS) is 11.1. The molecular weight excluding hydrogens is 312 g/mol. The van der Waals surface area contributed by atoms with Gasteiger partial charge in [0.05, 0.1) is 17.4 Å². The topological polar surface area (TPSA) is 96.4 Å². The predicted octanol–water partition coefficient (Wildman–Crippen LogP) is 3.07. The van der Waals surface area contributed by atoms with Crippen molar-refractivity contribution in [2.45, 2.75) is 13.5 Å². The first-order valence-electron chi connectivity index (χ1n) is 8.02. The van der Waals surface area contributed by atoms with Crippen LogP contribution in [0.2, 0.25) is 0 Å². The highest BCUT2D eigenvalue weighted by Gasteiger charge is 2.14. The monoisotopic (exact) mass is 330 g/mol. The van der Waals surface area contributed by atoms with E-state index >= 15 is 0 Å². The van der Waals surface area contributed by atoms with Gasteiger partial charge in [-0.1, -0.05) is 30.3 Å². The summed E-state index contributed by atoms with van der Waals surface area (Å²) in [5, 5.41) is 7.55. The van der Waals surface area contributed by atoms with Gasteiger partial charge in [-0.05, 0) is 30.7 Å². The molecule has 0 saturated carbocycles. The fraction of sp³-hybridized carbons (Fsp3) is 0.105. The van der Waals surface area contributed by atoms with Crippen molar-refractivity contribution in [3.63, 3.8) is 0 Å². The van der Waals surface area contributed by atoms with Crippen molar-refractivity contribution in [1.82, 2.24) is 19.5 Å². The maximum absolute atomic E-state index is 7.55. The molecule has 2 aromatic heterocycles. The molecule has 0 spiro atoms. The number of nitrogens with two attached hydrogens (primary N) is 1. The standard InChI is InChI=1S/C19H18N6/c1-12-17(22-11-25(12)10-13-5-3-2-4-6-13)19-23-15-8-7-14(18(20)21)9-16(15)24-19/h2-9,11H,10H2,1H3,(H3,20,21)(H,23,24). The number of nitrogen functional groups attached to an aromatic ring is 1. The molecule has 2 heterocycles. The number of amidine groups is 1. The molecule has 124 valence electrons. The Morgan fingerprint density at radius 3 is 2.76 bits per heavy atom. The van der Waals surface area contributed by atoms with Crippen molar-refractivity contribution in [2.75, 3.05) is 0 Å². The summed E-state index contributed by atoms with van der Waals surface area (Å²) >= 11 is 0. The van der Waals surface area contributed by atoms with E-state index in [1.807, 2.05) is 43.6 Å². The lowest BCUT2D eigenvalue weighted by atomic mass is 10.2. The fourth-order valence-corrected chi connectivity index (χ4v) is 2.90. The van der Waals surface area contributed by atoms with E-state index in [-0.39, 0.29) is 5.84 Å². The first-order chi connectivity index (χ1) is 12.1. The molecule has 0 fully saturated rings. The van der Waals surface area contributed by atoms with Crippen LogP contribution in [-0.4, -0.2) is 25.4 Å². The molecule has 0 amide bonds. The van der Waals surface area contributed by atoms with Crippen LogP contribution < -0.4 is 5.73 Å². The van der Waals surface area contributed by atoms with Crippen molar-refractivity contribution in [3.8, 4) is 11.5 Å². The van der Waals surface area contributed by atoms with Gasteiger partial charge in [0.2, 0.25) is 0 Å². The zero-order valence-electron chi connectivity index (χ0n) is 13.8. The van der Waals surface area contributed by atoms with Gasteiger partial charge in [0.1, 0.15) is 11.5 Å². The summed E-state index contributed by atoms with van der Waals surface area (Å²) in [6.07, 6.45) is 1.84. The van der Waals surface area contributed by atoms with E-state index < -0.39 is 0 Å². The summed E-state index contributed by atoms with van der Waals surface area (Å²) in [6, 6.07) is 15.8. The van der Waals surface area contributed by atoms with Gasteiger partial charge in [0, 0.05) is 17.8 Å². The van der Waals surface area contributed by atoms with E-state index in [1.54, 1.807) is 6.07 Å². The Balaban J connectivity index is 1.70. The van der Waals surface area contributed by atoms with E-state index in [0.29, 0.717) is 5.56 Å². The molecule has 0 saturated heterocycles. The van der Waals surface area contributed by atoms with Crippen molar-refractivity contribution >= 4 is 16.9 Å². The van der Waals surface area contributed by atoms with Crippen LogP contribution in [0.15, 0.2) is 54.9 Å². The molecule has 6 nitrogen and oxygen atoms in total. The molecule has 4 N–H and O–H groups in total. The molecule has 0 aliphatic rings. The van der Waals surface area contributed by atoms with Gasteiger partial charge in [0.15, 0.2) is 5.82 Å². The molecular formula is C19H18N6. The second-order valence-corrected chi connectivity index (χ2v) is 6.02. The van der Waals surface area contributed by atoms with Gasteiger partial charge < -0.3 is 15.3 Å². The fourth-order valence-electron chi connectivity index (χ4n) is 2.90. The highest BCUT2D eigenvalue weighted by molar-refractivity contribution is 5.98. The summed E-state index contributed by atoms with van der Waals surface area (Å²) in [5.41, 5.74) is 11.0. The second-order valence-electron chi connectivity index (χ2n) is 6.02. The van der Waals surface area contributed by atoms with E-state index in [2.05, 4.69) is 31.7 Å². The third-order valence-corrected chi connectivity index (χ3v) is 4.31. The zero-order valence-corrected chi connectivity index (χ0v) is 13.8. The van der Waals surface area contributed by atoms with Crippen LogP contribution in [0, 0.1) is 12.3 Å². The quantitative estimate of drug-likeness (QED) is 0.396. The third kappa shape index (κ3) is 2.78. The Morgan fingerprint density at radius 1 is 1.20 bits per heavy atom. The minimum atomic E-state index is 0.0429. The SMILES string of the molecule is Cc1c(-c2nc3ccc(C(=N)N)cc3[nH]2)ncn1Cc1ccccc1. The average Bonchev–Trinajstić information content (AvgIpc) is 3.19. The molecule has 0 radical (unpaired) electrons. The van der Waals surface area contributed by atoms with Crippen LogP contribution in [0.1, 0.15) is 16.8 Å². The summed E-state index contributed by atoms with van der Waals surface area (Å²) in [4.78, 5) is 12.4. The Morgan fingerprint density at radius 2 is 2.00 bits per heavy atom. The Hall–Kier alpha value is -3.41. The first-order valence-corrected chi connectivity index (χ1v) is 8.02. The van der Waals surface area contributed by atoms with Crippen LogP contribution in [0.5, 0.6) is 0 Å². The summed E-state index contributed by atoms with van der Waals surface area (Å²) in [6.45, 7) is 2.81.